The zero-order valence-electron chi connectivity index (χ0n) is 12.7. The summed E-state index contributed by atoms with van der Waals surface area (Å²) in [5.74, 6) is -0.392. The fourth-order valence-electron chi connectivity index (χ4n) is 2.44. The Hall–Kier alpha value is -2.55. The van der Waals surface area contributed by atoms with Crippen LogP contribution in [-0.4, -0.2) is 16.6 Å². The van der Waals surface area contributed by atoms with Gasteiger partial charge in [0.05, 0.1) is 17.2 Å². The Morgan fingerprint density at radius 3 is 2.75 bits per heavy atom. The first-order valence-electron chi connectivity index (χ1n) is 7.07. The SMILES string of the molecule is Cc1cc(CN2CN(c3ccc(Br)cc3F)N=N2)ccc1[N+](=O)[O-]. The zero-order chi connectivity index (χ0) is 17.3. The second-order valence-electron chi connectivity index (χ2n) is 5.36. The Morgan fingerprint density at radius 2 is 2.08 bits per heavy atom. The monoisotopic (exact) mass is 393 g/mol. The highest BCUT2D eigenvalue weighted by Crippen LogP contribution is 2.27. The molecule has 0 fully saturated rings. The van der Waals surface area contributed by atoms with Gasteiger partial charge in [-0.2, -0.15) is 0 Å². The van der Waals surface area contributed by atoms with Crippen molar-refractivity contribution >= 4 is 27.3 Å². The molecule has 0 atom stereocenters. The smallest absolute Gasteiger partial charge is 0.258 e. The van der Waals surface area contributed by atoms with E-state index in [-0.39, 0.29) is 5.69 Å². The first kappa shape index (κ1) is 16.3. The molecule has 1 heterocycles. The van der Waals surface area contributed by atoms with Crippen LogP contribution in [-0.2, 0) is 6.54 Å². The molecule has 0 spiro atoms. The molecule has 1 aliphatic rings. The minimum absolute atomic E-state index is 0.0837. The van der Waals surface area contributed by atoms with Gasteiger partial charge in [-0.3, -0.25) is 15.1 Å². The Labute approximate surface area is 145 Å². The van der Waals surface area contributed by atoms with Crippen LogP contribution in [0.3, 0.4) is 0 Å². The van der Waals surface area contributed by atoms with E-state index in [1.807, 2.05) is 0 Å². The minimum Gasteiger partial charge on any atom is -0.258 e. The predicted molar refractivity (Wildman–Crippen MR) is 89.7 cm³/mol. The van der Waals surface area contributed by atoms with Crippen molar-refractivity contribution in [1.82, 2.24) is 5.01 Å². The van der Waals surface area contributed by atoms with Crippen LogP contribution in [0.1, 0.15) is 11.1 Å². The summed E-state index contributed by atoms with van der Waals surface area (Å²) in [6.07, 6.45) is 0. The number of hydrogen-bond donors (Lipinski definition) is 0. The van der Waals surface area contributed by atoms with Crippen molar-refractivity contribution in [2.75, 3.05) is 11.7 Å². The molecule has 1 aliphatic heterocycles. The molecule has 0 aliphatic carbocycles. The van der Waals surface area contributed by atoms with Crippen LogP contribution in [0.2, 0.25) is 0 Å². The highest BCUT2D eigenvalue weighted by atomic mass is 79.9. The average molecular weight is 394 g/mol. The summed E-state index contributed by atoms with van der Waals surface area (Å²) >= 11 is 3.21. The topological polar surface area (TPSA) is 74.3 Å². The summed E-state index contributed by atoms with van der Waals surface area (Å²) in [5, 5.41) is 21.9. The number of nitro groups is 1. The predicted octanol–water partition coefficient (Wildman–Crippen LogP) is 4.37. The maximum Gasteiger partial charge on any atom is 0.272 e. The molecule has 24 heavy (non-hydrogen) atoms. The van der Waals surface area contributed by atoms with Crippen LogP contribution in [0, 0.1) is 22.9 Å². The second-order valence-corrected chi connectivity index (χ2v) is 6.27. The number of nitro benzene ring substituents is 1. The van der Waals surface area contributed by atoms with Gasteiger partial charge in [-0.05, 0) is 42.0 Å². The van der Waals surface area contributed by atoms with Crippen molar-refractivity contribution in [2.24, 2.45) is 10.4 Å². The van der Waals surface area contributed by atoms with Crippen molar-refractivity contribution < 1.29 is 9.31 Å². The van der Waals surface area contributed by atoms with Crippen molar-refractivity contribution in [3.8, 4) is 0 Å². The first-order chi connectivity index (χ1) is 11.4. The molecule has 7 nitrogen and oxygen atoms in total. The lowest BCUT2D eigenvalue weighted by Crippen LogP contribution is -2.25. The molecule has 0 radical (unpaired) electrons. The summed E-state index contributed by atoms with van der Waals surface area (Å²) in [6, 6.07) is 9.63. The molecule has 0 aromatic heterocycles. The summed E-state index contributed by atoms with van der Waals surface area (Å²) < 4.78 is 14.6. The molecular formula is C15H13BrFN5O2. The van der Waals surface area contributed by atoms with Gasteiger partial charge < -0.3 is 0 Å². The minimum atomic E-state index is -0.410. The van der Waals surface area contributed by atoms with Gasteiger partial charge in [0.15, 0.2) is 0 Å². The maximum absolute atomic E-state index is 14.0. The maximum atomic E-state index is 14.0. The lowest BCUT2D eigenvalue weighted by atomic mass is 10.1. The normalized spacial score (nSPS) is 13.6. The summed E-state index contributed by atoms with van der Waals surface area (Å²) in [5.41, 5.74) is 1.88. The van der Waals surface area contributed by atoms with Crippen LogP contribution in [0.4, 0.5) is 15.8 Å². The lowest BCUT2D eigenvalue weighted by Gasteiger charge is -2.17. The third-order valence-corrected chi connectivity index (χ3v) is 4.08. The van der Waals surface area contributed by atoms with E-state index in [2.05, 4.69) is 26.4 Å². The lowest BCUT2D eigenvalue weighted by molar-refractivity contribution is -0.385. The van der Waals surface area contributed by atoms with E-state index in [0.29, 0.717) is 28.9 Å². The van der Waals surface area contributed by atoms with Gasteiger partial charge >= 0.3 is 0 Å². The molecule has 3 rings (SSSR count). The molecule has 0 amide bonds. The second kappa shape index (κ2) is 6.52. The third kappa shape index (κ3) is 3.35. The molecule has 9 heteroatoms. The Balaban J connectivity index is 1.70. The van der Waals surface area contributed by atoms with Gasteiger partial charge in [-0.25, -0.2) is 9.40 Å². The van der Waals surface area contributed by atoms with Crippen LogP contribution in [0.5, 0.6) is 0 Å². The molecule has 0 saturated carbocycles. The van der Waals surface area contributed by atoms with Gasteiger partial charge in [-0.1, -0.05) is 27.2 Å². The van der Waals surface area contributed by atoms with Crippen molar-refractivity contribution in [3.63, 3.8) is 0 Å². The fourth-order valence-corrected chi connectivity index (χ4v) is 2.78. The molecule has 124 valence electrons. The Kier molecular flexibility index (Phi) is 4.43. The van der Waals surface area contributed by atoms with Gasteiger partial charge in [0.25, 0.3) is 5.69 Å². The number of hydrogen-bond acceptors (Lipinski definition) is 6. The number of nitrogens with zero attached hydrogens (tertiary/aromatic N) is 5. The third-order valence-electron chi connectivity index (χ3n) is 3.58. The molecule has 0 N–H and O–H groups in total. The van der Waals surface area contributed by atoms with E-state index in [0.717, 1.165) is 5.56 Å². The standard InChI is InChI=1S/C15H13BrFN5O2/c1-10-6-11(2-4-14(10)22(23)24)8-20-9-21(19-18-20)15-5-3-12(16)7-13(15)17/h2-7H,8-9H2,1H3. The van der Waals surface area contributed by atoms with Gasteiger partial charge in [-0.15, -0.1) is 0 Å². The van der Waals surface area contributed by atoms with Gasteiger partial charge in [0.2, 0.25) is 0 Å². The summed E-state index contributed by atoms with van der Waals surface area (Å²) in [4.78, 5) is 10.4. The van der Waals surface area contributed by atoms with Gasteiger partial charge in [0.1, 0.15) is 12.5 Å². The molecular weight excluding hydrogens is 381 g/mol. The molecule has 0 bridgehead atoms. The number of rotatable bonds is 4. The molecule has 2 aromatic carbocycles. The molecule has 2 aromatic rings. The first-order valence-corrected chi connectivity index (χ1v) is 7.86. The van der Waals surface area contributed by atoms with Crippen molar-refractivity contribution in [3.05, 3.63) is 67.9 Å². The number of aryl methyl sites for hydroxylation is 1. The highest BCUT2D eigenvalue weighted by molar-refractivity contribution is 9.10. The Bertz CT molecular complexity index is 830. The van der Waals surface area contributed by atoms with E-state index in [1.54, 1.807) is 36.2 Å². The van der Waals surface area contributed by atoms with Gasteiger partial charge in [0, 0.05) is 16.1 Å². The summed E-state index contributed by atoms with van der Waals surface area (Å²) in [6.45, 7) is 2.42. The van der Waals surface area contributed by atoms with Crippen molar-refractivity contribution in [1.29, 1.82) is 0 Å². The number of anilines is 1. The summed E-state index contributed by atoms with van der Waals surface area (Å²) in [7, 11) is 0. The van der Waals surface area contributed by atoms with E-state index in [1.165, 1.54) is 17.1 Å². The van der Waals surface area contributed by atoms with E-state index < -0.39 is 10.7 Å². The van der Waals surface area contributed by atoms with Crippen molar-refractivity contribution in [2.45, 2.75) is 13.5 Å². The van der Waals surface area contributed by atoms with Crippen LogP contribution in [0.15, 0.2) is 51.3 Å². The fraction of sp³-hybridized carbons (Fsp3) is 0.200. The van der Waals surface area contributed by atoms with Crippen LogP contribution < -0.4 is 5.01 Å². The highest BCUT2D eigenvalue weighted by Gasteiger charge is 2.21. The quantitative estimate of drug-likeness (QED) is 0.570. The zero-order valence-corrected chi connectivity index (χ0v) is 14.3. The van der Waals surface area contributed by atoms with Crippen LogP contribution in [0.25, 0.3) is 0 Å². The van der Waals surface area contributed by atoms with E-state index in [4.69, 9.17) is 0 Å². The molecule has 0 saturated heterocycles. The Morgan fingerprint density at radius 1 is 1.29 bits per heavy atom. The molecule has 0 unspecified atom stereocenters. The number of benzene rings is 2. The van der Waals surface area contributed by atoms with E-state index in [9.17, 15) is 14.5 Å². The average Bonchev–Trinajstić information content (AvgIpc) is 2.95. The van der Waals surface area contributed by atoms with E-state index >= 15 is 0 Å². The van der Waals surface area contributed by atoms with Crippen LogP contribution >= 0.6 is 15.9 Å². The number of halogens is 2. The largest absolute Gasteiger partial charge is 0.272 e.